The first kappa shape index (κ1) is 20.2. The Morgan fingerprint density at radius 1 is 1.25 bits per heavy atom. The van der Waals surface area contributed by atoms with Crippen molar-refractivity contribution in [3.63, 3.8) is 0 Å². The molecule has 0 aliphatic carbocycles. The highest BCUT2D eigenvalue weighted by Gasteiger charge is 2.32. The van der Waals surface area contributed by atoms with Crippen LogP contribution >= 0.6 is 11.6 Å². The monoisotopic (exact) mass is 365 g/mol. The van der Waals surface area contributed by atoms with Gasteiger partial charge in [-0.25, -0.2) is 0 Å². The summed E-state index contributed by atoms with van der Waals surface area (Å²) in [5.74, 6) is -1.07. The second kappa shape index (κ2) is 8.34. The van der Waals surface area contributed by atoms with Crippen molar-refractivity contribution in [2.24, 2.45) is 0 Å². The smallest absolute Gasteiger partial charge is 0.353 e. The van der Waals surface area contributed by atoms with E-state index in [4.69, 9.17) is 11.6 Å². The van der Waals surface area contributed by atoms with Gasteiger partial charge in [0, 0.05) is 20.0 Å². The Hall–Kier alpha value is -1.80. The summed E-state index contributed by atoms with van der Waals surface area (Å²) in [7, 11) is 3.66. The summed E-state index contributed by atoms with van der Waals surface area (Å²) in [6.07, 6.45) is -4.57. The lowest BCUT2D eigenvalue weighted by Gasteiger charge is -2.23. The van der Waals surface area contributed by atoms with Gasteiger partial charge in [-0.15, -0.1) is 0 Å². The largest absolute Gasteiger partial charge is 0.416 e. The third-order valence-corrected chi connectivity index (χ3v) is 3.45. The molecule has 5 nitrogen and oxygen atoms in total. The van der Waals surface area contributed by atoms with Gasteiger partial charge in [0.15, 0.2) is 0 Å². The molecule has 134 valence electrons. The molecule has 0 saturated heterocycles. The minimum atomic E-state index is -4.57. The van der Waals surface area contributed by atoms with E-state index in [1.807, 2.05) is 19.0 Å². The zero-order valence-corrected chi connectivity index (χ0v) is 14.3. The zero-order chi connectivity index (χ0) is 18.5. The van der Waals surface area contributed by atoms with Crippen molar-refractivity contribution in [2.45, 2.75) is 13.1 Å². The van der Waals surface area contributed by atoms with Crippen LogP contribution in [0.5, 0.6) is 0 Å². The van der Waals surface area contributed by atoms with Crippen LogP contribution in [0, 0.1) is 0 Å². The van der Waals surface area contributed by atoms with Crippen LogP contribution in [0.1, 0.15) is 12.5 Å². The molecule has 0 unspecified atom stereocenters. The van der Waals surface area contributed by atoms with E-state index < -0.39 is 30.1 Å². The van der Waals surface area contributed by atoms with Gasteiger partial charge in [0.2, 0.25) is 11.8 Å². The Bertz CT molecular complexity index is 606. The SMILES string of the molecule is CC(=O)N(CC(=O)NCCN(C)C)c1cc(C(F)(F)F)ccc1Cl. The maximum absolute atomic E-state index is 12.8. The molecule has 0 fully saturated rings. The average molecular weight is 366 g/mol. The zero-order valence-electron chi connectivity index (χ0n) is 13.6. The molecule has 0 atom stereocenters. The normalized spacial score (nSPS) is 11.5. The Morgan fingerprint density at radius 2 is 1.88 bits per heavy atom. The van der Waals surface area contributed by atoms with Crippen molar-refractivity contribution in [3.05, 3.63) is 28.8 Å². The molecule has 24 heavy (non-hydrogen) atoms. The molecule has 0 radical (unpaired) electrons. The molecular formula is C15H19ClF3N3O2. The number of carbonyl (C=O) groups is 2. The molecule has 1 N–H and O–H groups in total. The van der Waals surface area contributed by atoms with E-state index in [1.54, 1.807) is 0 Å². The summed E-state index contributed by atoms with van der Waals surface area (Å²) in [5.41, 5.74) is -1.09. The van der Waals surface area contributed by atoms with Gasteiger partial charge < -0.3 is 15.1 Å². The number of nitrogens with zero attached hydrogens (tertiary/aromatic N) is 2. The molecule has 1 rings (SSSR count). The second-order valence-corrected chi connectivity index (χ2v) is 5.83. The number of anilines is 1. The van der Waals surface area contributed by atoms with E-state index in [0.717, 1.165) is 30.0 Å². The summed E-state index contributed by atoms with van der Waals surface area (Å²) in [6.45, 7) is 1.69. The van der Waals surface area contributed by atoms with E-state index in [0.29, 0.717) is 13.1 Å². The average Bonchev–Trinajstić information content (AvgIpc) is 2.43. The van der Waals surface area contributed by atoms with Gasteiger partial charge in [-0.3, -0.25) is 9.59 Å². The fraction of sp³-hybridized carbons (Fsp3) is 0.467. The molecular weight excluding hydrogens is 347 g/mol. The van der Waals surface area contributed by atoms with Gasteiger partial charge in [0.05, 0.1) is 16.3 Å². The van der Waals surface area contributed by atoms with Gasteiger partial charge >= 0.3 is 6.18 Å². The van der Waals surface area contributed by atoms with Crippen molar-refractivity contribution < 1.29 is 22.8 Å². The molecule has 0 bridgehead atoms. The molecule has 9 heteroatoms. The molecule has 0 saturated carbocycles. The summed E-state index contributed by atoms with van der Waals surface area (Å²) in [6, 6.07) is 2.64. The third-order valence-electron chi connectivity index (χ3n) is 3.13. The van der Waals surface area contributed by atoms with Crippen molar-refractivity contribution in [1.29, 1.82) is 0 Å². The molecule has 0 heterocycles. The topological polar surface area (TPSA) is 52.7 Å². The maximum Gasteiger partial charge on any atom is 0.416 e. The highest BCUT2D eigenvalue weighted by atomic mass is 35.5. The molecule has 0 spiro atoms. The highest BCUT2D eigenvalue weighted by Crippen LogP contribution is 2.35. The van der Waals surface area contributed by atoms with Gasteiger partial charge in [0.25, 0.3) is 0 Å². The van der Waals surface area contributed by atoms with Crippen molar-refractivity contribution in [3.8, 4) is 0 Å². The summed E-state index contributed by atoms with van der Waals surface area (Å²) in [5, 5.41) is 2.55. The second-order valence-electron chi connectivity index (χ2n) is 5.42. The Kier molecular flexibility index (Phi) is 7.04. The number of hydrogen-bond acceptors (Lipinski definition) is 3. The van der Waals surface area contributed by atoms with Crippen LogP contribution < -0.4 is 10.2 Å². The lowest BCUT2D eigenvalue weighted by molar-refractivity contribution is -0.137. The number of alkyl halides is 3. The van der Waals surface area contributed by atoms with Crippen LogP contribution in [0.4, 0.5) is 18.9 Å². The fourth-order valence-corrected chi connectivity index (χ4v) is 2.10. The number of hydrogen-bond donors (Lipinski definition) is 1. The Morgan fingerprint density at radius 3 is 2.38 bits per heavy atom. The van der Waals surface area contributed by atoms with E-state index in [2.05, 4.69) is 5.32 Å². The van der Waals surface area contributed by atoms with Crippen LogP contribution in [0.15, 0.2) is 18.2 Å². The van der Waals surface area contributed by atoms with Crippen molar-refractivity contribution in [2.75, 3.05) is 38.6 Å². The summed E-state index contributed by atoms with van der Waals surface area (Å²) < 4.78 is 38.5. The van der Waals surface area contributed by atoms with Crippen molar-refractivity contribution >= 4 is 29.1 Å². The van der Waals surface area contributed by atoms with Crippen LogP contribution in [0.3, 0.4) is 0 Å². The van der Waals surface area contributed by atoms with Crippen molar-refractivity contribution in [1.82, 2.24) is 10.2 Å². The molecule has 1 aromatic carbocycles. The van der Waals surface area contributed by atoms with E-state index in [1.165, 1.54) is 0 Å². The Balaban J connectivity index is 2.96. The first-order valence-corrected chi connectivity index (χ1v) is 7.46. The van der Waals surface area contributed by atoms with Gasteiger partial charge in [-0.1, -0.05) is 11.6 Å². The first-order valence-electron chi connectivity index (χ1n) is 7.08. The van der Waals surface area contributed by atoms with E-state index in [9.17, 15) is 22.8 Å². The number of amides is 2. The number of carbonyl (C=O) groups excluding carboxylic acids is 2. The lowest BCUT2D eigenvalue weighted by atomic mass is 10.1. The first-order chi connectivity index (χ1) is 11.0. The van der Waals surface area contributed by atoms with Crippen LogP contribution in [-0.4, -0.2) is 50.4 Å². The Labute approximate surface area is 143 Å². The quantitative estimate of drug-likeness (QED) is 0.842. The molecule has 0 aliphatic rings. The molecule has 0 aromatic heterocycles. The molecule has 2 amide bonds. The standard InChI is InChI=1S/C15H19ClF3N3O2/c1-10(23)22(9-14(24)20-6-7-21(2)3)13-8-11(15(17,18)19)4-5-12(13)16/h4-5,8H,6-7,9H2,1-3H3,(H,20,24). The number of rotatable bonds is 6. The van der Waals surface area contributed by atoms with Gasteiger partial charge in [-0.05, 0) is 32.3 Å². The van der Waals surface area contributed by atoms with E-state index >= 15 is 0 Å². The molecule has 0 aliphatic heterocycles. The number of likely N-dealkylation sites (N-methyl/N-ethyl adjacent to an activating group) is 1. The number of halogens is 4. The van der Waals surface area contributed by atoms with Gasteiger partial charge in [0.1, 0.15) is 6.54 Å². The van der Waals surface area contributed by atoms with Crippen LogP contribution in [-0.2, 0) is 15.8 Å². The lowest BCUT2D eigenvalue weighted by Crippen LogP contribution is -2.41. The fourth-order valence-electron chi connectivity index (χ4n) is 1.88. The van der Waals surface area contributed by atoms with Crippen LogP contribution in [0.2, 0.25) is 5.02 Å². The maximum atomic E-state index is 12.8. The minimum Gasteiger partial charge on any atom is -0.353 e. The van der Waals surface area contributed by atoms with E-state index in [-0.39, 0.29) is 10.7 Å². The van der Waals surface area contributed by atoms with Gasteiger partial charge in [-0.2, -0.15) is 13.2 Å². The summed E-state index contributed by atoms with van der Waals surface area (Å²) >= 11 is 5.91. The third kappa shape index (κ3) is 6.01. The predicted molar refractivity (Wildman–Crippen MR) is 86.0 cm³/mol. The summed E-state index contributed by atoms with van der Waals surface area (Å²) in [4.78, 5) is 26.5. The molecule has 1 aromatic rings. The minimum absolute atomic E-state index is 0.0423. The van der Waals surface area contributed by atoms with Crippen LogP contribution in [0.25, 0.3) is 0 Å². The highest BCUT2D eigenvalue weighted by molar-refractivity contribution is 6.34. The number of nitrogens with one attached hydrogen (secondary N) is 1. The predicted octanol–water partition coefficient (Wildman–Crippen LogP) is 2.39. The number of benzene rings is 1.